The maximum atomic E-state index is 5.74. The molecule has 148 valence electrons. The Hall–Kier alpha value is -3.06. The number of aromatic nitrogens is 5. The molecule has 0 aliphatic heterocycles. The molecule has 0 radical (unpaired) electrons. The second kappa shape index (κ2) is 7.75. The van der Waals surface area contributed by atoms with Crippen molar-refractivity contribution in [1.29, 1.82) is 0 Å². The van der Waals surface area contributed by atoms with Gasteiger partial charge in [0.1, 0.15) is 0 Å². The molecule has 7 heteroatoms. The van der Waals surface area contributed by atoms with Crippen molar-refractivity contribution in [3.05, 3.63) is 49.1 Å². The van der Waals surface area contributed by atoms with Gasteiger partial charge in [-0.2, -0.15) is 0 Å². The fourth-order valence-corrected chi connectivity index (χ4v) is 4.13. The van der Waals surface area contributed by atoms with Crippen LogP contribution in [0, 0.1) is 0 Å². The van der Waals surface area contributed by atoms with Crippen LogP contribution in [-0.4, -0.2) is 43.3 Å². The molecular formula is C22H24N6O. The first-order valence-electron chi connectivity index (χ1n) is 10.2. The summed E-state index contributed by atoms with van der Waals surface area (Å²) in [4.78, 5) is 13.3. The van der Waals surface area contributed by atoms with Crippen LogP contribution in [0.15, 0.2) is 49.1 Å². The van der Waals surface area contributed by atoms with Crippen LogP contribution in [-0.2, 0) is 4.74 Å². The van der Waals surface area contributed by atoms with E-state index in [2.05, 4.69) is 50.5 Å². The van der Waals surface area contributed by atoms with E-state index in [4.69, 9.17) is 4.74 Å². The van der Waals surface area contributed by atoms with Gasteiger partial charge in [0.05, 0.1) is 28.9 Å². The maximum Gasteiger partial charge on any atom is 0.241 e. The number of rotatable bonds is 5. The van der Waals surface area contributed by atoms with Crippen molar-refractivity contribution in [3.63, 3.8) is 0 Å². The molecule has 1 aliphatic carbocycles. The van der Waals surface area contributed by atoms with Gasteiger partial charge in [0.25, 0.3) is 0 Å². The van der Waals surface area contributed by atoms with Crippen LogP contribution in [0.5, 0.6) is 0 Å². The molecule has 1 aromatic carbocycles. The molecule has 1 saturated carbocycles. The van der Waals surface area contributed by atoms with Crippen LogP contribution in [0.25, 0.3) is 27.7 Å². The lowest BCUT2D eigenvalue weighted by atomic mass is 9.93. The van der Waals surface area contributed by atoms with Gasteiger partial charge in [0.2, 0.25) is 5.95 Å². The number of ether oxygens (including phenoxy) is 1. The van der Waals surface area contributed by atoms with Gasteiger partial charge in [-0.15, -0.1) is 5.10 Å². The summed E-state index contributed by atoms with van der Waals surface area (Å²) >= 11 is 0. The van der Waals surface area contributed by atoms with Crippen LogP contribution in [0.4, 0.5) is 5.95 Å². The second-order valence-corrected chi connectivity index (χ2v) is 7.47. The summed E-state index contributed by atoms with van der Waals surface area (Å²) in [6.07, 6.45) is 12.0. The Morgan fingerprint density at radius 3 is 2.69 bits per heavy atom. The van der Waals surface area contributed by atoms with Crippen LogP contribution < -0.4 is 5.32 Å². The quantitative estimate of drug-likeness (QED) is 0.555. The molecule has 0 atom stereocenters. The van der Waals surface area contributed by atoms with Crippen molar-refractivity contribution in [2.24, 2.45) is 0 Å². The standard InChI is InChI=1S/C22H24N6O/c1-2-29-17-6-4-16(5-7-17)26-22-25-14-21-18(9-12-28(21)27-22)15-3-8-19-20(13-15)24-11-10-23-19/h3,8-14,16-17H,2,4-7H2,1H3,(H,26,27). The first-order valence-corrected chi connectivity index (χ1v) is 10.2. The summed E-state index contributed by atoms with van der Waals surface area (Å²) in [6, 6.07) is 8.59. The van der Waals surface area contributed by atoms with E-state index in [1.807, 2.05) is 23.0 Å². The number of benzene rings is 1. The predicted molar refractivity (Wildman–Crippen MR) is 113 cm³/mol. The van der Waals surface area contributed by atoms with Crippen molar-refractivity contribution >= 4 is 22.5 Å². The molecule has 1 N–H and O–H groups in total. The Bertz CT molecular complexity index is 1130. The highest BCUT2D eigenvalue weighted by Crippen LogP contribution is 2.28. The largest absolute Gasteiger partial charge is 0.379 e. The molecular weight excluding hydrogens is 364 g/mol. The van der Waals surface area contributed by atoms with E-state index in [1.54, 1.807) is 12.4 Å². The second-order valence-electron chi connectivity index (χ2n) is 7.47. The lowest BCUT2D eigenvalue weighted by Crippen LogP contribution is -2.30. The Morgan fingerprint density at radius 1 is 1.03 bits per heavy atom. The van der Waals surface area contributed by atoms with Crippen LogP contribution in [0.2, 0.25) is 0 Å². The summed E-state index contributed by atoms with van der Waals surface area (Å²) in [5.41, 5.74) is 4.91. The van der Waals surface area contributed by atoms with E-state index in [0.29, 0.717) is 18.1 Å². The molecule has 1 fully saturated rings. The number of fused-ring (bicyclic) bond motifs is 2. The number of hydrogen-bond donors (Lipinski definition) is 1. The van der Waals surface area contributed by atoms with Crippen molar-refractivity contribution in [2.75, 3.05) is 11.9 Å². The van der Waals surface area contributed by atoms with E-state index in [0.717, 1.165) is 60.0 Å². The average Bonchev–Trinajstić information content (AvgIpc) is 3.18. The number of anilines is 1. The molecule has 5 rings (SSSR count). The molecule has 7 nitrogen and oxygen atoms in total. The minimum Gasteiger partial charge on any atom is -0.379 e. The highest BCUT2D eigenvalue weighted by Gasteiger charge is 2.22. The lowest BCUT2D eigenvalue weighted by Gasteiger charge is -2.28. The predicted octanol–water partition coefficient (Wildman–Crippen LogP) is 4.10. The van der Waals surface area contributed by atoms with E-state index in [-0.39, 0.29) is 0 Å². The zero-order valence-electron chi connectivity index (χ0n) is 16.5. The molecule has 4 aromatic rings. The monoisotopic (exact) mass is 388 g/mol. The molecule has 0 spiro atoms. The summed E-state index contributed by atoms with van der Waals surface area (Å²) in [5, 5.41) is 8.16. The normalized spacial score (nSPS) is 19.6. The van der Waals surface area contributed by atoms with Crippen molar-refractivity contribution in [3.8, 4) is 11.1 Å². The summed E-state index contributed by atoms with van der Waals surface area (Å²) in [6.45, 7) is 2.85. The van der Waals surface area contributed by atoms with Crippen molar-refractivity contribution in [2.45, 2.75) is 44.8 Å². The summed E-state index contributed by atoms with van der Waals surface area (Å²) in [7, 11) is 0. The summed E-state index contributed by atoms with van der Waals surface area (Å²) in [5.74, 6) is 0.670. The van der Waals surface area contributed by atoms with Crippen molar-refractivity contribution in [1.82, 2.24) is 24.6 Å². The Kier molecular flexibility index (Phi) is 4.81. The number of hydrogen-bond acceptors (Lipinski definition) is 6. The SMILES string of the molecule is CCOC1CCC(Nc2ncc3c(-c4ccc5nccnc5c4)ccn3n2)CC1. The zero-order valence-corrected chi connectivity index (χ0v) is 16.5. The highest BCUT2D eigenvalue weighted by atomic mass is 16.5. The smallest absolute Gasteiger partial charge is 0.241 e. The summed E-state index contributed by atoms with van der Waals surface area (Å²) < 4.78 is 7.63. The van der Waals surface area contributed by atoms with Crippen LogP contribution in [0.3, 0.4) is 0 Å². The van der Waals surface area contributed by atoms with Gasteiger partial charge in [-0.05, 0) is 56.4 Å². The van der Waals surface area contributed by atoms with Gasteiger partial charge in [0, 0.05) is 36.8 Å². The Morgan fingerprint density at radius 2 is 1.86 bits per heavy atom. The van der Waals surface area contributed by atoms with Crippen molar-refractivity contribution < 1.29 is 4.74 Å². The first kappa shape index (κ1) is 18.0. The van der Waals surface area contributed by atoms with Gasteiger partial charge in [-0.1, -0.05) is 6.07 Å². The minimum absolute atomic E-state index is 0.401. The van der Waals surface area contributed by atoms with Gasteiger partial charge in [-0.3, -0.25) is 9.97 Å². The molecule has 0 unspecified atom stereocenters. The molecule has 1 aliphatic rings. The van der Waals surface area contributed by atoms with E-state index < -0.39 is 0 Å². The highest BCUT2D eigenvalue weighted by molar-refractivity contribution is 5.86. The fraction of sp³-hybridized carbons (Fsp3) is 0.364. The minimum atomic E-state index is 0.401. The third-order valence-corrected chi connectivity index (χ3v) is 5.61. The van der Waals surface area contributed by atoms with E-state index in [9.17, 15) is 0 Å². The number of nitrogens with one attached hydrogen (secondary N) is 1. The van der Waals surface area contributed by atoms with Gasteiger partial charge < -0.3 is 10.1 Å². The third-order valence-electron chi connectivity index (χ3n) is 5.61. The topological polar surface area (TPSA) is 77.2 Å². The Labute approximate surface area is 169 Å². The van der Waals surface area contributed by atoms with Gasteiger partial charge in [-0.25, -0.2) is 9.50 Å². The van der Waals surface area contributed by atoms with E-state index in [1.165, 1.54) is 0 Å². The molecule has 3 heterocycles. The van der Waals surface area contributed by atoms with Gasteiger partial charge >= 0.3 is 0 Å². The Balaban J connectivity index is 1.36. The zero-order chi connectivity index (χ0) is 19.6. The van der Waals surface area contributed by atoms with Gasteiger partial charge in [0.15, 0.2) is 0 Å². The molecule has 0 saturated heterocycles. The van der Waals surface area contributed by atoms with E-state index >= 15 is 0 Å². The third kappa shape index (κ3) is 3.65. The molecule has 3 aromatic heterocycles. The van der Waals surface area contributed by atoms with Crippen LogP contribution in [0.1, 0.15) is 32.6 Å². The molecule has 0 amide bonds. The lowest BCUT2D eigenvalue weighted by molar-refractivity contribution is 0.0346. The number of nitrogens with zero attached hydrogens (tertiary/aromatic N) is 5. The first-order chi connectivity index (χ1) is 14.3. The average molecular weight is 388 g/mol. The maximum absolute atomic E-state index is 5.74. The fourth-order valence-electron chi connectivity index (χ4n) is 4.13. The van der Waals surface area contributed by atoms with Crippen LogP contribution >= 0.6 is 0 Å². The molecule has 29 heavy (non-hydrogen) atoms. The molecule has 0 bridgehead atoms.